The molecule has 1 aromatic rings. The number of aromatic nitrogens is 2. The van der Waals surface area contributed by atoms with Crippen LogP contribution in [0.15, 0.2) is 0 Å². The molecule has 0 atom stereocenters. The van der Waals surface area contributed by atoms with Crippen molar-refractivity contribution in [3.8, 4) is 0 Å². The maximum atomic E-state index is 5.97. The van der Waals surface area contributed by atoms with E-state index in [2.05, 4.69) is 21.7 Å². The Kier molecular flexibility index (Phi) is 2.59. The maximum absolute atomic E-state index is 5.97. The van der Waals surface area contributed by atoms with Crippen LogP contribution in [-0.4, -0.2) is 34.8 Å². The Morgan fingerprint density at radius 2 is 2.06 bits per heavy atom. The number of hydrogen-bond acceptors (Lipinski definition) is 4. The van der Waals surface area contributed by atoms with Gasteiger partial charge in [0, 0.05) is 17.1 Å². The number of thioether (sulfide) groups is 1. The fraction of sp³-hybridized carbons (Fsp3) is 0.727. The highest BCUT2D eigenvalue weighted by Crippen LogP contribution is 2.36. The Morgan fingerprint density at radius 1 is 1.31 bits per heavy atom. The van der Waals surface area contributed by atoms with Gasteiger partial charge in [-0.3, -0.25) is 4.68 Å². The summed E-state index contributed by atoms with van der Waals surface area (Å²) in [6, 6.07) is 0.570. The zero-order valence-electron chi connectivity index (χ0n) is 9.65. The van der Waals surface area contributed by atoms with E-state index >= 15 is 0 Å². The second-order valence-electron chi connectivity index (χ2n) is 4.78. The minimum atomic E-state index is 0.570. The van der Waals surface area contributed by atoms with Gasteiger partial charge in [0.2, 0.25) is 0 Å². The molecule has 3 rings (SSSR count). The average Bonchev–Trinajstić information content (AvgIpc) is 2.84. The van der Waals surface area contributed by atoms with Gasteiger partial charge in [-0.05, 0) is 33.0 Å². The monoisotopic (exact) mass is 238 g/mol. The normalized spacial score (nSPS) is 22.6. The summed E-state index contributed by atoms with van der Waals surface area (Å²) in [5.74, 6) is 2.90. The smallest absolute Gasteiger partial charge is 0.149 e. The molecule has 0 aromatic carbocycles. The van der Waals surface area contributed by atoms with Crippen LogP contribution >= 0.6 is 11.8 Å². The fourth-order valence-electron chi connectivity index (χ4n) is 2.62. The van der Waals surface area contributed by atoms with Crippen LogP contribution in [0.2, 0.25) is 0 Å². The molecule has 4 nitrogen and oxygen atoms in total. The van der Waals surface area contributed by atoms with Crippen molar-refractivity contribution in [2.75, 3.05) is 25.9 Å². The minimum absolute atomic E-state index is 0.570. The Labute approximate surface area is 100 Å². The average molecular weight is 238 g/mol. The summed E-state index contributed by atoms with van der Waals surface area (Å²) in [5.41, 5.74) is 8.65. The molecule has 5 heteroatoms. The molecule has 88 valence electrons. The lowest BCUT2D eigenvalue weighted by Crippen LogP contribution is -2.32. The molecule has 0 bridgehead atoms. The highest BCUT2D eigenvalue weighted by Gasteiger charge is 2.27. The predicted octanol–water partition coefficient (Wildman–Crippen LogP) is 1.48. The summed E-state index contributed by atoms with van der Waals surface area (Å²) in [5, 5.41) is 4.54. The van der Waals surface area contributed by atoms with Crippen LogP contribution in [0.3, 0.4) is 0 Å². The number of rotatable bonds is 1. The lowest BCUT2D eigenvalue weighted by atomic mass is 10.1. The van der Waals surface area contributed by atoms with E-state index in [1.54, 1.807) is 0 Å². The van der Waals surface area contributed by atoms with E-state index in [-0.39, 0.29) is 0 Å². The van der Waals surface area contributed by atoms with Gasteiger partial charge in [0.05, 0.1) is 11.7 Å². The second kappa shape index (κ2) is 3.96. The quantitative estimate of drug-likeness (QED) is 0.805. The van der Waals surface area contributed by atoms with Gasteiger partial charge < -0.3 is 10.6 Å². The van der Waals surface area contributed by atoms with Crippen LogP contribution in [0.25, 0.3) is 0 Å². The molecule has 2 aliphatic rings. The second-order valence-corrected chi connectivity index (χ2v) is 5.77. The number of nitrogen functional groups attached to an aromatic ring is 1. The van der Waals surface area contributed by atoms with E-state index in [1.807, 2.05) is 11.8 Å². The first-order valence-corrected chi connectivity index (χ1v) is 7.03. The number of nitrogens with two attached hydrogens (primary N) is 1. The van der Waals surface area contributed by atoms with Crippen LogP contribution in [0.5, 0.6) is 0 Å². The van der Waals surface area contributed by atoms with E-state index < -0.39 is 0 Å². The molecule has 0 saturated carbocycles. The van der Waals surface area contributed by atoms with E-state index in [4.69, 9.17) is 5.73 Å². The number of likely N-dealkylation sites (tertiary alicyclic amines) is 1. The van der Waals surface area contributed by atoms with E-state index in [1.165, 1.54) is 37.2 Å². The number of nitrogens with zero attached hydrogens (tertiary/aromatic N) is 3. The largest absolute Gasteiger partial charge is 0.382 e. The molecule has 0 aliphatic carbocycles. The van der Waals surface area contributed by atoms with Crippen molar-refractivity contribution in [2.45, 2.75) is 30.4 Å². The molecule has 0 unspecified atom stereocenters. The zero-order valence-corrected chi connectivity index (χ0v) is 10.5. The SMILES string of the molecule is CN1CCC(n2nc(N)c3c2CSC3)CC1. The first-order chi connectivity index (χ1) is 7.75. The van der Waals surface area contributed by atoms with E-state index in [0.717, 1.165) is 17.3 Å². The van der Waals surface area contributed by atoms with Crippen molar-refractivity contribution in [3.63, 3.8) is 0 Å². The number of piperidine rings is 1. The van der Waals surface area contributed by atoms with Crippen LogP contribution in [0, 0.1) is 0 Å². The van der Waals surface area contributed by atoms with Gasteiger partial charge in [0.25, 0.3) is 0 Å². The summed E-state index contributed by atoms with van der Waals surface area (Å²) < 4.78 is 2.22. The number of hydrogen-bond donors (Lipinski definition) is 1. The number of fused-ring (bicyclic) bond motifs is 1. The number of anilines is 1. The Bertz CT molecular complexity index is 393. The standard InChI is InChI=1S/C11H18N4S/c1-14-4-2-8(3-5-14)15-10-7-16-6-9(10)11(12)13-15/h8H,2-7H2,1H3,(H2,12,13). The molecule has 0 amide bonds. The van der Waals surface area contributed by atoms with Gasteiger partial charge in [-0.2, -0.15) is 16.9 Å². The highest BCUT2D eigenvalue weighted by molar-refractivity contribution is 7.98. The molecule has 16 heavy (non-hydrogen) atoms. The highest BCUT2D eigenvalue weighted by atomic mass is 32.2. The van der Waals surface area contributed by atoms with Crippen molar-refractivity contribution < 1.29 is 0 Å². The third-order valence-electron chi connectivity index (χ3n) is 3.67. The summed E-state index contributed by atoms with van der Waals surface area (Å²) >= 11 is 1.95. The zero-order chi connectivity index (χ0) is 11.1. The first kappa shape index (κ1) is 10.5. The molecule has 0 radical (unpaired) electrons. The van der Waals surface area contributed by atoms with Crippen LogP contribution in [-0.2, 0) is 11.5 Å². The van der Waals surface area contributed by atoms with Crippen molar-refractivity contribution in [1.82, 2.24) is 14.7 Å². The summed E-state index contributed by atoms with van der Waals surface area (Å²) in [6.07, 6.45) is 2.41. The summed E-state index contributed by atoms with van der Waals surface area (Å²) in [7, 11) is 2.19. The molecular formula is C11H18N4S. The molecule has 1 fully saturated rings. The van der Waals surface area contributed by atoms with Crippen LogP contribution in [0.4, 0.5) is 5.82 Å². The van der Waals surface area contributed by atoms with Crippen LogP contribution in [0.1, 0.15) is 30.1 Å². The van der Waals surface area contributed by atoms with Gasteiger partial charge in [-0.15, -0.1) is 0 Å². The van der Waals surface area contributed by atoms with Gasteiger partial charge in [-0.1, -0.05) is 0 Å². The van der Waals surface area contributed by atoms with Crippen molar-refractivity contribution in [1.29, 1.82) is 0 Å². The Balaban J connectivity index is 1.87. The van der Waals surface area contributed by atoms with Gasteiger partial charge in [0.15, 0.2) is 0 Å². The van der Waals surface area contributed by atoms with Gasteiger partial charge in [0.1, 0.15) is 5.82 Å². The Morgan fingerprint density at radius 3 is 2.81 bits per heavy atom. The van der Waals surface area contributed by atoms with Gasteiger partial charge >= 0.3 is 0 Å². The summed E-state index contributed by atoms with van der Waals surface area (Å²) in [6.45, 7) is 2.35. The lowest BCUT2D eigenvalue weighted by Gasteiger charge is -2.29. The predicted molar refractivity (Wildman–Crippen MR) is 67.4 cm³/mol. The first-order valence-electron chi connectivity index (χ1n) is 5.87. The van der Waals surface area contributed by atoms with Crippen molar-refractivity contribution in [2.24, 2.45) is 0 Å². The van der Waals surface area contributed by atoms with Crippen molar-refractivity contribution >= 4 is 17.6 Å². The van der Waals surface area contributed by atoms with Crippen LogP contribution < -0.4 is 5.73 Å². The van der Waals surface area contributed by atoms with Gasteiger partial charge in [-0.25, -0.2) is 0 Å². The maximum Gasteiger partial charge on any atom is 0.149 e. The third-order valence-corrected chi connectivity index (χ3v) is 4.64. The lowest BCUT2D eigenvalue weighted by molar-refractivity contribution is 0.211. The molecule has 2 N–H and O–H groups in total. The molecule has 1 saturated heterocycles. The molecular weight excluding hydrogens is 220 g/mol. The molecule has 2 aliphatic heterocycles. The topological polar surface area (TPSA) is 47.1 Å². The third kappa shape index (κ3) is 1.62. The fourth-order valence-corrected chi connectivity index (χ4v) is 3.75. The molecule has 0 spiro atoms. The summed E-state index contributed by atoms with van der Waals surface area (Å²) in [4.78, 5) is 2.39. The van der Waals surface area contributed by atoms with E-state index in [9.17, 15) is 0 Å². The van der Waals surface area contributed by atoms with E-state index in [0.29, 0.717) is 6.04 Å². The molecule has 3 heterocycles. The Hall–Kier alpha value is -0.680. The molecule has 1 aromatic heterocycles. The van der Waals surface area contributed by atoms with Crippen molar-refractivity contribution in [3.05, 3.63) is 11.3 Å². The minimum Gasteiger partial charge on any atom is -0.382 e.